The highest BCUT2D eigenvalue weighted by molar-refractivity contribution is 7.14. The van der Waals surface area contributed by atoms with Crippen molar-refractivity contribution in [2.75, 3.05) is 17.0 Å². The van der Waals surface area contributed by atoms with Gasteiger partial charge in [-0.05, 0) is 6.07 Å². The van der Waals surface area contributed by atoms with Crippen molar-refractivity contribution in [1.82, 2.24) is 9.55 Å². The summed E-state index contributed by atoms with van der Waals surface area (Å²) in [6, 6.07) is 1.51. The fraction of sp³-hybridized carbons (Fsp3) is 0.182. The first-order valence-electron chi connectivity index (χ1n) is 5.64. The van der Waals surface area contributed by atoms with E-state index in [1.807, 2.05) is 0 Å². The highest BCUT2D eigenvalue weighted by Crippen LogP contribution is 2.21. The normalized spacial score (nSPS) is 10.3. The number of hydrogen-bond acceptors (Lipinski definition) is 7. The molecule has 0 radical (unpaired) electrons. The molecule has 8 nitrogen and oxygen atoms in total. The van der Waals surface area contributed by atoms with Crippen LogP contribution in [0.15, 0.2) is 17.6 Å². The lowest BCUT2D eigenvalue weighted by atomic mass is 10.4. The maximum atomic E-state index is 12.0. The average Bonchev–Trinajstić information content (AvgIpc) is 3.05. The van der Waals surface area contributed by atoms with Crippen LogP contribution in [0, 0.1) is 0 Å². The fourth-order valence-corrected chi connectivity index (χ4v) is 2.39. The minimum absolute atomic E-state index is 0.176. The second-order valence-electron chi connectivity index (χ2n) is 4.00. The van der Waals surface area contributed by atoms with Crippen molar-refractivity contribution in [3.05, 3.63) is 29.0 Å². The van der Waals surface area contributed by atoms with Gasteiger partial charge in [-0.2, -0.15) is 4.53 Å². The van der Waals surface area contributed by atoms with Gasteiger partial charge in [0.05, 0.1) is 12.8 Å². The molecular weight excluding hydrogens is 318 g/mol. The Balaban J connectivity index is 2.14. The summed E-state index contributed by atoms with van der Waals surface area (Å²) in [5, 5.41) is 4.45. The molecule has 2 rings (SSSR count). The molecule has 1 amide bonds. The summed E-state index contributed by atoms with van der Waals surface area (Å²) in [5.74, 6) is 4.39. The Morgan fingerprint density at radius 1 is 1.57 bits per heavy atom. The van der Waals surface area contributed by atoms with Gasteiger partial charge in [-0.3, -0.25) is 4.79 Å². The van der Waals surface area contributed by atoms with Crippen LogP contribution in [0.25, 0.3) is 0 Å². The number of methoxy groups -OCH3 is 1. The van der Waals surface area contributed by atoms with Crippen LogP contribution >= 0.6 is 23.1 Å². The monoisotopic (exact) mass is 329 g/mol. The number of hydrogen-bond donors (Lipinski definition) is 2. The van der Waals surface area contributed by atoms with Gasteiger partial charge in [0.1, 0.15) is 11.4 Å². The van der Waals surface area contributed by atoms with Gasteiger partial charge in [0.15, 0.2) is 0 Å². The highest BCUT2D eigenvalue weighted by atomic mass is 35.5. The van der Waals surface area contributed by atoms with Crippen molar-refractivity contribution in [2.45, 2.75) is 0 Å². The molecule has 0 spiro atoms. The van der Waals surface area contributed by atoms with Crippen LogP contribution in [0.1, 0.15) is 21.0 Å². The largest absolute Gasteiger partial charge is 0.464 e. The number of anilines is 2. The van der Waals surface area contributed by atoms with Gasteiger partial charge in [-0.1, -0.05) is 0 Å². The van der Waals surface area contributed by atoms with Crippen LogP contribution in [0.4, 0.5) is 10.8 Å². The summed E-state index contributed by atoms with van der Waals surface area (Å²) in [7, 11) is 2.96. The van der Waals surface area contributed by atoms with Crippen LogP contribution in [0.5, 0.6) is 0 Å². The molecule has 0 aliphatic carbocycles. The van der Waals surface area contributed by atoms with E-state index in [0.717, 1.165) is 15.9 Å². The lowest BCUT2D eigenvalue weighted by molar-refractivity contribution is 0.0590. The number of nitrogens with zero attached hydrogens (tertiary/aromatic N) is 3. The molecule has 3 N–H and O–H groups in total. The van der Waals surface area contributed by atoms with E-state index in [0.29, 0.717) is 16.5 Å². The van der Waals surface area contributed by atoms with Crippen LogP contribution < -0.4 is 15.7 Å². The second kappa shape index (κ2) is 6.12. The molecule has 0 saturated carbocycles. The molecule has 0 saturated heterocycles. The first-order valence-corrected chi connectivity index (χ1v) is 6.86. The van der Waals surface area contributed by atoms with E-state index in [-0.39, 0.29) is 5.69 Å². The summed E-state index contributed by atoms with van der Waals surface area (Å²) in [6.45, 7) is 0. The van der Waals surface area contributed by atoms with Crippen LogP contribution in [-0.2, 0) is 11.8 Å². The van der Waals surface area contributed by atoms with E-state index in [4.69, 9.17) is 17.6 Å². The smallest absolute Gasteiger partial charge is 0.354 e. The summed E-state index contributed by atoms with van der Waals surface area (Å²) in [4.78, 5) is 27.5. The van der Waals surface area contributed by atoms with Crippen molar-refractivity contribution in [1.29, 1.82) is 0 Å². The number of aromatic nitrogens is 2. The van der Waals surface area contributed by atoms with Crippen molar-refractivity contribution in [2.24, 2.45) is 12.9 Å². The first-order chi connectivity index (χ1) is 9.92. The maximum absolute atomic E-state index is 12.0. The number of carbonyl (C=O) groups excluding carboxylic acids is 2. The quantitative estimate of drug-likeness (QED) is 0.380. The number of nitrogens with one attached hydrogen (secondary N) is 1. The minimum atomic E-state index is -0.491. The molecule has 0 aliphatic heterocycles. The average molecular weight is 330 g/mol. The zero-order chi connectivity index (χ0) is 15.6. The van der Waals surface area contributed by atoms with Crippen LogP contribution in [0.2, 0.25) is 0 Å². The Hall–Kier alpha value is -2.10. The van der Waals surface area contributed by atoms with Crippen molar-refractivity contribution >= 4 is 45.8 Å². The molecule has 0 fully saturated rings. The van der Waals surface area contributed by atoms with Gasteiger partial charge < -0.3 is 14.6 Å². The molecule has 2 heterocycles. The molecule has 2 aromatic heterocycles. The standard InChI is InChI=1S/C11H12ClN5O3S/c1-16-4-6(3-8(16)10(19)20-2)14-9(18)7-5-21-11(15-7)17(12)13/h3-5H,13H2,1-2H3,(H,14,18). The maximum Gasteiger partial charge on any atom is 0.354 e. The van der Waals surface area contributed by atoms with Crippen molar-refractivity contribution in [3.8, 4) is 0 Å². The molecule has 112 valence electrons. The Morgan fingerprint density at radius 2 is 2.29 bits per heavy atom. The van der Waals surface area contributed by atoms with E-state index in [1.165, 1.54) is 18.6 Å². The van der Waals surface area contributed by atoms with E-state index in [9.17, 15) is 9.59 Å². The number of halogens is 1. The van der Waals surface area contributed by atoms with Crippen molar-refractivity contribution < 1.29 is 14.3 Å². The molecule has 10 heteroatoms. The highest BCUT2D eigenvalue weighted by Gasteiger charge is 2.16. The Bertz CT molecular complexity index is 681. The SMILES string of the molecule is COC(=O)c1cc(NC(=O)c2csc(N(N)Cl)n2)cn1C. The summed E-state index contributed by atoms with van der Waals surface area (Å²) >= 11 is 6.66. The van der Waals surface area contributed by atoms with E-state index >= 15 is 0 Å². The number of hydrazine groups is 1. The number of nitrogens with two attached hydrogens (primary N) is 1. The summed E-state index contributed by atoms with van der Waals surface area (Å²) in [5.41, 5.74) is 0.947. The lowest BCUT2D eigenvalue weighted by Crippen LogP contribution is -2.19. The molecule has 0 bridgehead atoms. The third-order valence-electron chi connectivity index (χ3n) is 2.56. The lowest BCUT2D eigenvalue weighted by Gasteiger charge is -2.01. The molecule has 0 aliphatic rings. The predicted octanol–water partition coefficient (Wildman–Crippen LogP) is 1.35. The number of ether oxygens (including phenoxy) is 1. The number of amides is 1. The third-order valence-corrected chi connectivity index (χ3v) is 3.67. The number of aryl methyl sites for hydroxylation is 1. The zero-order valence-corrected chi connectivity index (χ0v) is 12.7. The second-order valence-corrected chi connectivity index (χ2v) is 5.20. The molecular formula is C11H12ClN5O3S. The molecule has 0 atom stereocenters. The van der Waals surface area contributed by atoms with Crippen LogP contribution in [-0.4, -0.2) is 28.5 Å². The topological polar surface area (TPSA) is 102 Å². The van der Waals surface area contributed by atoms with Crippen LogP contribution in [0.3, 0.4) is 0 Å². The zero-order valence-electron chi connectivity index (χ0n) is 11.2. The molecule has 0 aromatic carbocycles. The molecule has 2 aromatic rings. The van der Waals surface area contributed by atoms with Gasteiger partial charge in [-0.25, -0.2) is 15.6 Å². The Labute approximate surface area is 129 Å². The van der Waals surface area contributed by atoms with E-state index in [2.05, 4.69) is 15.0 Å². The van der Waals surface area contributed by atoms with Gasteiger partial charge >= 0.3 is 5.97 Å². The number of esters is 1. The summed E-state index contributed by atoms with van der Waals surface area (Å²) in [6.07, 6.45) is 1.59. The van der Waals surface area contributed by atoms with Gasteiger partial charge in [0.25, 0.3) is 5.91 Å². The molecule has 21 heavy (non-hydrogen) atoms. The van der Waals surface area contributed by atoms with Gasteiger partial charge in [-0.15, -0.1) is 11.3 Å². The number of carbonyl (C=O) groups is 2. The van der Waals surface area contributed by atoms with Gasteiger partial charge in [0, 0.05) is 30.4 Å². The third kappa shape index (κ3) is 3.32. The fourth-order valence-electron chi connectivity index (χ4n) is 1.60. The van der Waals surface area contributed by atoms with E-state index < -0.39 is 11.9 Å². The number of thiazole rings is 1. The number of rotatable bonds is 4. The Morgan fingerprint density at radius 3 is 2.86 bits per heavy atom. The Kier molecular flexibility index (Phi) is 4.46. The van der Waals surface area contributed by atoms with E-state index in [1.54, 1.807) is 17.8 Å². The predicted molar refractivity (Wildman–Crippen MR) is 79.3 cm³/mol. The molecule has 0 unspecified atom stereocenters. The summed E-state index contributed by atoms with van der Waals surface area (Å²) < 4.78 is 6.99. The van der Waals surface area contributed by atoms with Gasteiger partial charge in [0.2, 0.25) is 5.13 Å². The van der Waals surface area contributed by atoms with Crippen molar-refractivity contribution in [3.63, 3.8) is 0 Å². The minimum Gasteiger partial charge on any atom is -0.464 e. The first kappa shape index (κ1) is 15.3.